The molecule has 20 heavy (non-hydrogen) atoms. The average Bonchev–Trinajstić information content (AvgIpc) is 2.44. The van der Waals surface area contributed by atoms with Gasteiger partial charge in [-0.1, -0.05) is 18.2 Å². The highest BCUT2D eigenvalue weighted by atomic mass is 16.5. The SMILES string of the molecule is COCCCC1C=CC(CNC(=O)CNC(C)=O)=CC1. The molecule has 112 valence electrons. The van der Waals surface area contributed by atoms with E-state index in [1.807, 2.05) is 0 Å². The molecule has 1 rings (SSSR count). The number of hydrogen-bond donors (Lipinski definition) is 2. The third-order valence-electron chi connectivity index (χ3n) is 3.18. The zero-order valence-corrected chi connectivity index (χ0v) is 12.3. The quantitative estimate of drug-likeness (QED) is 0.656. The van der Waals surface area contributed by atoms with Gasteiger partial charge in [-0.25, -0.2) is 0 Å². The molecule has 5 heteroatoms. The van der Waals surface area contributed by atoms with Crippen LogP contribution in [0.4, 0.5) is 0 Å². The van der Waals surface area contributed by atoms with Crippen molar-refractivity contribution in [3.05, 3.63) is 23.8 Å². The van der Waals surface area contributed by atoms with Gasteiger partial charge in [0.05, 0.1) is 6.54 Å². The van der Waals surface area contributed by atoms with Gasteiger partial charge in [-0.05, 0) is 30.8 Å². The maximum absolute atomic E-state index is 11.4. The second-order valence-electron chi connectivity index (χ2n) is 4.96. The molecule has 1 aliphatic carbocycles. The Kier molecular flexibility index (Phi) is 7.65. The second-order valence-corrected chi connectivity index (χ2v) is 4.96. The first-order valence-corrected chi connectivity index (χ1v) is 6.99. The molecule has 0 fully saturated rings. The third-order valence-corrected chi connectivity index (χ3v) is 3.18. The molecule has 0 spiro atoms. The monoisotopic (exact) mass is 280 g/mol. The highest BCUT2D eigenvalue weighted by molar-refractivity contribution is 5.83. The minimum absolute atomic E-state index is 0.0337. The van der Waals surface area contributed by atoms with Crippen molar-refractivity contribution in [3.8, 4) is 0 Å². The van der Waals surface area contributed by atoms with E-state index in [0.29, 0.717) is 12.5 Å². The van der Waals surface area contributed by atoms with Crippen LogP contribution in [0.25, 0.3) is 0 Å². The maximum Gasteiger partial charge on any atom is 0.239 e. The predicted molar refractivity (Wildman–Crippen MR) is 78.1 cm³/mol. The average molecular weight is 280 g/mol. The summed E-state index contributed by atoms with van der Waals surface area (Å²) in [5.74, 6) is 0.205. The molecule has 0 saturated heterocycles. The molecule has 0 aromatic heterocycles. The van der Waals surface area contributed by atoms with Gasteiger partial charge in [0.15, 0.2) is 0 Å². The van der Waals surface area contributed by atoms with Gasteiger partial charge in [0.1, 0.15) is 0 Å². The van der Waals surface area contributed by atoms with E-state index in [2.05, 4.69) is 28.9 Å². The number of hydrogen-bond acceptors (Lipinski definition) is 3. The van der Waals surface area contributed by atoms with E-state index in [4.69, 9.17) is 4.74 Å². The van der Waals surface area contributed by atoms with E-state index in [-0.39, 0.29) is 18.4 Å². The van der Waals surface area contributed by atoms with Crippen LogP contribution in [0, 0.1) is 5.92 Å². The normalized spacial score (nSPS) is 17.5. The zero-order chi connectivity index (χ0) is 14.8. The molecule has 0 saturated carbocycles. The van der Waals surface area contributed by atoms with Gasteiger partial charge >= 0.3 is 0 Å². The molecule has 5 nitrogen and oxygen atoms in total. The van der Waals surface area contributed by atoms with Gasteiger partial charge in [-0.3, -0.25) is 9.59 Å². The van der Waals surface area contributed by atoms with Crippen LogP contribution in [0.5, 0.6) is 0 Å². The molecule has 0 aromatic rings. The van der Waals surface area contributed by atoms with Crippen molar-refractivity contribution in [1.29, 1.82) is 0 Å². The number of ether oxygens (including phenoxy) is 1. The lowest BCUT2D eigenvalue weighted by Gasteiger charge is -2.16. The topological polar surface area (TPSA) is 67.4 Å². The van der Waals surface area contributed by atoms with Crippen molar-refractivity contribution in [2.45, 2.75) is 26.2 Å². The van der Waals surface area contributed by atoms with Gasteiger partial charge in [0.2, 0.25) is 11.8 Å². The van der Waals surface area contributed by atoms with Gasteiger partial charge < -0.3 is 15.4 Å². The fraction of sp³-hybridized carbons (Fsp3) is 0.600. The fourth-order valence-corrected chi connectivity index (χ4v) is 2.01. The summed E-state index contributed by atoms with van der Waals surface area (Å²) in [4.78, 5) is 22.1. The summed E-state index contributed by atoms with van der Waals surface area (Å²) in [6, 6.07) is 0. The van der Waals surface area contributed by atoms with E-state index in [0.717, 1.165) is 31.4 Å². The maximum atomic E-state index is 11.4. The van der Waals surface area contributed by atoms with E-state index in [1.165, 1.54) is 6.92 Å². The smallest absolute Gasteiger partial charge is 0.239 e. The number of allylic oxidation sites excluding steroid dienone is 2. The van der Waals surface area contributed by atoms with Crippen LogP contribution in [-0.2, 0) is 14.3 Å². The Labute approximate surface area is 120 Å². The summed E-state index contributed by atoms with van der Waals surface area (Å²) in [5.41, 5.74) is 1.11. The van der Waals surface area contributed by atoms with E-state index in [9.17, 15) is 9.59 Å². The Bertz CT molecular complexity index is 389. The summed E-state index contributed by atoms with van der Waals surface area (Å²) in [6.45, 7) is 2.75. The van der Waals surface area contributed by atoms with Crippen molar-refractivity contribution < 1.29 is 14.3 Å². The lowest BCUT2D eigenvalue weighted by atomic mass is 9.93. The Morgan fingerprint density at radius 3 is 2.80 bits per heavy atom. The molecule has 0 heterocycles. The van der Waals surface area contributed by atoms with Crippen molar-refractivity contribution in [2.75, 3.05) is 26.8 Å². The number of amides is 2. The summed E-state index contributed by atoms with van der Waals surface area (Å²) in [5, 5.41) is 5.25. The standard InChI is InChI=1S/C15H24N2O3/c1-12(18)16-11-15(19)17-10-14-7-5-13(6-8-14)4-3-9-20-2/h5,7-8,13H,3-4,6,9-11H2,1-2H3,(H,16,18)(H,17,19). The lowest BCUT2D eigenvalue weighted by molar-refractivity contribution is -0.124. The van der Waals surface area contributed by atoms with Gasteiger partial charge in [0.25, 0.3) is 0 Å². The number of rotatable bonds is 8. The molecule has 0 bridgehead atoms. The first-order valence-electron chi connectivity index (χ1n) is 6.99. The van der Waals surface area contributed by atoms with Crippen molar-refractivity contribution in [3.63, 3.8) is 0 Å². The van der Waals surface area contributed by atoms with Crippen molar-refractivity contribution in [2.24, 2.45) is 5.92 Å². The number of methoxy groups -OCH3 is 1. The van der Waals surface area contributed by atoms with Gasteiger partial charge in [-0.2, -0.15) is 0 Å². The van der Waals surface area contributed by atoms with Gasteiger partial charge in [0, 0.05) is 27.2 Å². The van der Waals surface area contributed by atoms with Crippen LogP contribution in [0.1, 0.15) is 26.2 Å². The van der Waals surface area contributed by atoms with Crippen LogP contribution >= 0.6 is 0 Å². The Morgan fingerprint density at radius 1 is 1.40 bits per heavy atom. The summed E-state index contributed by atoms with van der Waals surface area (Å²) < 4.78 is 5.04. The predicted octanol–water partition coefficient (Wildman–Crippen LogP) is 1.17. The van der Waals surface area contributed by atoms with Crippen LogP contribution in [0.3, 0.4) is 0 Å². The molecular formula is C15H24N2O3. The molecule has 0 radical (unpaired) electrons. The first-order chi connectivity index (χ1) is 9.61. The van der Waals surface area contributed by atoms with Crippen LogP contribution < -0.4 is 10.6 Å². The summed E-state index contributed by atoms with van der Waals surface area (Å²) in [6.07, 6.45) is 9.64. The van der Waals surface area contributed by atoms with Crippen LogP contribution in [-0.4, -0.2) is 38.6 Å². The largest absolute Gasteiger partial charge is 0.385 e. The van der Waals surface area contributed by atoms with E-state index >= 15 is 0 Å². The molecule has 2 amide bonds. The van der Waals surface area contributed by atoms with Crippen molar-refractivity contribution in [1.82, 2.24) is 10.6 Å². The highest BCUT2D eigenvalue weighted by Crippen LogP contribution is 2.20. The van der Waals surface area contributed by atoms with Gasteiger partial charge in [-0.15, -0.1) is 0 Å². The molecule has 0 aromatic carbocycles. The molecule has 1 aliphatic rings. The minimum Gasteiger partial charge on any atom is -0.385 e. The third kappa shape index (κ3) is 7.09. The van der Waals surface area contributed by atoms with Crippen molar-refractivity contribution >= 4 is 11.8 Å². The lowest BCUT2D eigenvalue weighted by Crippen LogP contribution is -2.36. The van der Waals surface area contributed by atoms with E-state index < -0.39 is 0 Å². The summed E-state index contributed by atoms with van der Waals surface area (Å²) in [7, 11) is 1.72. The Hall–Kier alpha value is -1.62. The fourth-order valence-electron chi connectivity index (χ4n) is 2.01. The number of carbonyl (C=O) groups is 2. The minimum atomic E-state index is -0.198. The van der Waals surface area contributed by atoms with Crippen LogP contribution in [0.2, 0.25) is 0 Å². The first kappa shape index (κ1) is 16.4. The highest BCUT2D eigenvalue weighted by Gasteiger charge is 2.09. The van der Waals surface area contributed by atoms with Crippen LogP contribution in [0.15, 0.2) is 23.8 Å². The molecular weight excluding hydrogens is 256 g/mol. The second kappa shape index (κ2) is 9.31. The molecule has 1 unspecified atom stereocenters. The number of nitrogens with one attached hydrogen (secondary N) is 2. The zero-order valence-electron chi connectivity index (χ0n) is 12.3. The summed E-state index contributed by atoms with van der Waals surface area (Å²) >= 11 is 0. The molecule has 2 N–H and O–H groups in total. The Morgan fingerprint density at radius 2 is 2.20 bits per heavy atom. The van der Waals surface area contributed by atoms with E-state index in [1.54, 1.807) is 7.11 Å². The molecule has 0 aliphatic heterocycles. The molecule has 1 atom stereocenters. The Balaban J connectivity index is 2.19. The number of carbonyl (C=O) groups excluding carboxylic acids is 2.